The van der Waals surface area contributed by atoms with Gasteiger partial charge in [-0.25, -0.2) is 4.98 Å². The lowest BCUT2D eigenvalue weighted by Crippen LogP contribution is -2.51. The monoisotopic (exact) mass is 251 g/mol. The van der Waals surface area contributed by atoms with E-state index in [0.29, 0.717) is 6.04 Å². The SMILES string of the molecule is CCN1CCN(C(C)CNCc2ncc[nH]2)CC1. The van der Waals surface area contributed by atoms with E-state index in [4.69, 9.17) is 0 Å². The minimum atomic E-state index is 0.596. The van der Waals surface area contributed by atoms with Crippen LogP contribution in [0.15, 0.2) is 12.4 Å². The molecule has 0 aliphatic carbocycles. The molecule has 1 unspecified atom stereocenters. The molecular formula is C13H25N5. The summed E-state index contributed by atoms with van der Waals surface area (Å²) in [4.78, 5) is 12.4. The van der Waals surface area contributed by atoms with Gasteiger partial charge >= 0.3 is 0 Å². The first kappa shape index (κ1) is 13.5. The number of hydrogen-bond acceptors (Lipinski definition) is 4. The van der Waals surface area contributed by atoms with E-state index in [-0.39, 0.29) is 0 Å². The molecule has 1 aliphatic heterocycles. The number of aromatic amines is 1. The molecule has 1 aromatic heterocycles. The summed E-state index contributed by atoms with van der Waals surface area (Å²) in [6.07, 6.45) is 3.66. The highest BCUT2D eigenvalue weighted by Crippen LogP contribution is 2.05. The minimum Gasteiger partial charge on any atom is -0.348 e. The van der Waals surface area contributed by atoms with Gasteiger partial charge in [0, 0.05) is 51.2 Å². The molecule has 0 spiro atoms. The fraction of sp³-hybridized carbons (Fsp3) is 0.769. The first-order chi connectivity index (χ1) is 8.79. The number of nitrogens with one attached hydrogen (secondary N) is 2. The zero-order valence-electron chi connectivity index (χ0n) is 11.5. The average molecular weight is 251 g/mol. The van der Waals surface area contributed by atoms with Crippen molar-refractivity contribution in [1.82, 2.24) is 25.1 Å². The number of imidazole rings is 1. The van der Waals surface area contributed by atoms with Gasteiger partial charge in [0.05, 0.1) is 6.54 Å². The predicted molar refractivity (Wildman–Crippen MR) is 73.4 cm³/mol. The number of H-pyrrole nitrogens is 1. The van der Waals surface area contributed by atoms with Gasteiger partial charge in [-0.2, -0.15) is 0 Å². The van der Waals surface area contributed by atoms with Gasteiger partial charge in [0.15, 0.2) is 0 Å². The number of hydrogen-bond donors (Lipinski definition) is 2. The normalized spacial score (nSPS) is 20.1. The van der Waals surface area contributed by atoms with Crippen molar-refractivity contribution in [3.05, 3.63) is 18.2 Å². The number of nitrogens with zero attached hydrogens (tertiary/aromatic N) is 3. The fourth-order valence-corrected chi connectivity index (χ4v) is 2.44. The van der Waals surface area contributed by atoms with Crippen LogP contribution in [0.25, 0.3) is 0 Å². The zero-order valence-corrected chi connectivity index (χ0v) is 11.5. The molecule has 1 atom stereocenters. The third kappa shape index (κ3) is 3.80. The Bertz CT molecular complexity index is 316. The summed E-state index contributed by atoms with van der Waals surface area (Å²) in [5, 5.41) is 3.46. The third-order valence-corrected chi connectivity index (χ3v) is 3.76. The van der Waals surface area contributed by atoms with Gasteiger partial charge in [-0.3, -0.25) is 4.90 Å². The van der Waals surface area contributed by atoms with Crippen LogP contribution in [0.3, 0.4) is 0 Å². The maximum atomic E-state index is 4.21. The van der Waals surface area contributed by atoms with Crippen LogP contribution >= 0.6 is 0 Å². The second-order valence-corrected chi connectivity index (χ2v) is 4.99. The van der Waals surface area contributed by atoms with Crippen molar-refractivity contribution < 1.29 is 0 Å². The van der Waals surface area contributed by atoms with Gasteiger partial charge in [0.2, 0.25) is 0 Å². The van der Waals surface area contributed by atoms with Crippen molar-refractivity contribution in [3.8, 4) is 0 Å². The summed E-state index contributed by atoms with van der Waals surface area (Å²) >= 11 is 0. The molecule has 0 amide bonds. The van der Waals surface area contributed by atoms with Crippen molar-refractivity contribution in [2.24, 2.45) is 0 Å². The van der Waals surface area contributed by atoms with Gasteiger partial charge in [-0.15, -0.1) is 0 Å². The summed E-state index contributed by atoms with van der Waals surface area (Å²) in [6.45, 7) is 12.4. The van der Waals surface area contributed by atoms with Gasteiger partial charge in [0.1, 0.15) is 5.82 Å². The maximum absolute atomic E-state index is 4.21. The molecule has 102 valence electrons. The van der Waals surface area contributed by atoms with Crippen LogP contribution in [0.2, 0.25) is 0 Å². The van der Waals surface area contributed by atoms with Crippen molar-refractivity contribution in [2.75, 3.05) is 39.3 Å². The Labute approximate surface area is 110 Å². The molecule has 1 aromatic rings. The predicted octanol–water partition coefficient (Wildman–Crippen LogP) is 0.525. The van der Waals surface area contributed by atoms with Gasteiger partial charge in [0.25, 0.3) is 0 Å². The molecule has 0 aromatic carbocycles. The number of aromatic nitrogens is 2. The maximum Gasteiger partial charge on any atom is 0.120 e. The summed E-state index contributed by atoms with van der Waals surface area (Å²) in [6, 6.07) is 0.596. The molecule has 2 heterocycles. The molecule has 5 nitrogen and oxygen atoms in total. The first-order valence-corrected chi connectivity index (χ1v) is 6.95. The van der Waals surface area contributed by atoms with Gasteiger partial charge in [-0.05, 0) is 13.5 Å². The Balaban J connectivity index is 1.64. The minimum absolute atomic E-state index is 0.596. The molecule has 5 heteroatoms. The van der Waals surface area contributed by atoms with E-state index in [1.54, 1.807) is 6.20 Å². The fourth-order valence-electron chi connectivity index (χ4n) is 2.44. The molecule has 0 radical (unpaired) electrons. The lowest BCUT2D eigenvalue weighted by Gasteiger charge is -2.37. The summed E-state index contributed by atoms with van der Waals surface area (Å²) < 4.78 is 0. The average Bonchev–Trinajstić information content (AvgIpc) is 2.92. The molecule has 2 rings (SSSR count). The summed E-state index contributed by atoms with van der Waals surface area (Å²) in [7, 11) is 0. The van der Waals surface area contributed by atoms with E-state index < -0.39 is 0 Å². The van der Waals surface area contributed by atoms with E-state index >= 15 is 0 Å². The van der Waals surface area contributed by atoms with Crippen molar-refractivity contribution in [1.29, 1.82) is 0 Å². The lowest BCUT2D eigenvalue weighted by molar-refractivity contribution is 0.105. The largest absolute Gasteiger partial charge is 0.348 e. The van der Waals surface area contributed by atoms with Crippen molar-refractivity contribution in [2.45, 2.75) is 26.4 Å². The summed E-state index contributed by atoms with van der Waals surface area (Å²) in [5.74, 6) is 1.01. The topological polar surface area (TPSA) is 47.2 Å². The second kappa shape index (κ2) is 6.87. The highest BCUT2D eigenvalue weighted by Gasteiger charge is 2.19. The molecule has 2 N–H and O–H groups in total. The standard InChI is InChI=1S/C13H25N5/c1-3-17-6-8-18(9-7-17)12(2)10-14-11-13-15-4-5-16-13/h4-5,12,14H,3,6-11H2,1-2H3,(H,15,16). The van der Waals surface area contributed by atoms with Gasteiger partial charge in [-0.1, -0.05) is 6.92 Å². The number of likely N-dealkylation sites (N-methyl/N-ethyl adjacent to an activating group) is 1. The van der Waals surface area contributed by atoms with Crippen LogP contribution in [-0.2, 0) is 6.54 Å². The Hall–Kier alpha value is -0.910. The van der Waals surface area contributed by atoms with Crippen LogP contribution in [0.5, 0.6) is 0 Å². The highest BCUT2D eigenvalue weighted by atomic mass is 15.3. The smallest absolute Gasteiger partial charge is 0.120 e. The van der Waals surface area contributed by atoms with Crippen LogP contribution in [0, 0.1) is 0 Å². The number of piperazine rings is 1. The molecule has 18 heavy (non-hydrogen) atoms. The highest BCUT2D eigenvalue weighted by molar-refractivity contribution is 4.86. The molecule has 1 fully saturated rings. The van der Waals surface area contributed by atoms with E-state index in [1.165, 1.54) is 32.7 Å². The quantitative estimate of drug-likeness (QED) is 0.774. The Kier molecular flexibility index (Phi) is 5.16. The summed E-state index contributed by atoms with van der Waals surface area (Å²) in [5.41, 5.74) is 0. The Morgan fingerprint density at radius 1 is 1.39 bits per heavy atom. The molecule has 1 aliphatic rings. The van der Waals surface area contributed by atoms with Crippen LogP contribution < -0.4 is 5.32 Å². The van der Waals surface area contributed by atoms with Crippen LogP contribution in [0.4, 0.5) is 0 Å². The van der Waals surface area contributed by atoms with E-state index in [0.717, 1.165) is 18.9 Å². The number of rotatable bonds is 6. The van der Waals surface area contributed by atoms with Crippen molar-refractivity contribution in [3.63, 3.8) is 0 Å². The van der Waals surface area contributed by atoms with E-state index in [9.17, 15) is 0 Å². The van der Waals surface area contributed by atoms with Gasteiger partial charge < -0.3 is 15.2 Å². The molecule has 0 saturated carbocycles. The Morgan fingerprint density at radius 3 is 2.78 bits per heavy atom. The third-order valence-electron chi connectivity index (χ3n) is 3.76. The lowest BCUT2D eigenvalue weighted by atomic mass is 10.2. The first-order valence-electron chi connectivity index (χ1n) is 6.95. The van der Waals surface area contributed by atoms with E-state index in [1.807, 2.05) is 6.20 Å². The Morgan fingerprint density at radius 2 is 2.17 bits per heavy atom. The second-order valence-electron chi connectivity index (χ2n) is 4.99. The van der Waals surface area contributed by atoms with E-state index in [2.05, 4.69) is 38.9 Å². The molecule has 0 bridgehead atoms. The van der Waals surface area contributed by atoms with Crippen LogP contribution in [-0.4, -0.2) is 65.1 Å². The zero-order chi connectivity index (χ0) is 12.8. The molecule has 1 saturated heterocycles. The van der Waals surface area contributed by atoms with Crippen LogP contribution in [0.1, 0.15) is 19.7 Å². The van der Waals surface area contributed by atoms with Crippen molar-refractivity contribution >= 4 is 0 Å². The molecular weight excluding hydrogens is 226 g/mol.